The first-order chi connectivity index (χ1) is 18.7. The van der Waals surface area contributed by atoms with Crippen molar-refractivity contribution >= 4 is 62.1 Å². The van der Waals surface area contributed by atoms with Gasteiger partial charge in [0, 0.05) is 39.1 Å². The number of nitriles is 1. The number of rotatable bonds is 6. The van der Waals surface area contributed by atoms with Crippen molar-refractivity contribution in [3.63, 3.8) is 0 Å². The van der Waals surface area contributed by atoms with Crippen molar-refractivity contribution in [3.8, 4) is 6.07 Å². The van der Waals surface area contributed by atoms with Crippen molar-refractivity contribution in [2.24, 2.45) is 0 Å². The average Bonchev–Trinajstić information content (AvgIpc) is 3.37. The van der Waals surface area contributed by atoms with E-state index in [2.05, 4.69) is 24.5 Å². The molecule has 0 bridgehead atoms. The summed E-state index contributed by atoms with van der Waals surface area (Å²) in [6.07, 6.45) is -5.05. The van der Waals surface area contributed by atoms with Gasteiger partial charge in [0.05, 0.1) is 17.3 Å². The molecule has 3 aromatic rings. The number of carbonyl (C=O) groups excluding carboxylic acids is 1. The number of pyridine rings is 1. The van der Waals surface area contributed by atoms with E-state index in [0.29, 0.717) is 53.7 Å². The van der Waals surface area contributed by atoms with Gasteiger partial charge in [0.1, 0.15) is 33.0 Å². The number of aryl methyl sites for hydroxylation is 1. The number of aromatic nitrogens is 3. The molecule has 0 saturated carbocycles. The van der Waals surface area contributed by atoms with Crippen LogP contribution in [0, 0.1) is 18.3 Å². The molecule has 3 heterocycles. The fourth-order valence-electron chi connectivity index (χ4n) is 3.68. The quantitative estimate of drug-likeness (QED) is 0.391. The highest BCUT2D eigenvalue weighted by molar-refractivity contribution is 7.89. The number of hydrogen-bond donors (Lipinski definition) is 2. The number of carboxylic acid groups (broad SMARTS) is 1. The molecule has 0 atom stereocenters. The van der Waals surface area contributed by atoms with E-state index in [1.165, 1.54) is 6.07 Å². The number of nitrogens with zero attached hydrogens (tertiary/aromatic N) is 6. The van der Waals surface area contributed by atoms with E-state index in [-0.39, 0.29) is 23.8 Å². The third-order valence-electron chi connectivity index (χ3n) is 5.62. The van der Waals surface area contributed by atoms with Crippen LogP contribution in [-0.4, -0.2) is 82.9 Å². The Morgan fingerprint density at radius 1 is 1.23 bits per heavy atom. The number of piperazine rings is 1. The van der Waals surface area contributed by atoms with Crippen molar-refractivity contribution in [3.05, 3.63) is 40.5 Å². The van der Waals surface area contributed by atoms with E-state index in [9.17, 15) is 31.6 Å². The Kier molecular flexibility index (Phi) is 9.84. The fraction of sp³-hybridized carbons (Fsp3) is 0.364. The van der Waals surface area contributed by atoms with Gasteiger partial charge in [-0.1, -0.05) is 17.7 Å². The Hall–Kier alpha value is -3.59. The normalized spacial score (nSPS) is 13.9. The molecule has 4 rings (SSSR count). The predicted molar refractivity (Wildman–Crippen MR) is 138 cm³/mol. The summed E-state index contributed by atoms with van der Waals surface area (Å²) in [5, 5.41) is 16.9. The van der Waals surface area contributed by atoms with E-state index in [0.717, 1.165) is 17.3 Å². The summed E-state index contributed by atoms with van der Waals surface area (Å²) in [5.41, 5.74) is 2.06. The van der Waals surface area contributed by atoms with Gasteiger partial charge >= 0.3 is 12.1 Å². The Morgan fingerprint density at radius 3 is 2.48 bits per heavy atom. The first kappa shape index (κ1) is 30.9. The molecule has 1 saturated heterocycles. The van der Waals surface area contributed by atoms with Crippen LogP contribution in [0.15, 0.2) is 29.2 Å². The fourth-order valence-corrected chi connectivity index (χ4v) is 5.72. The predicted octanol–water partition coefficient (Wildman–Crippen LogP) is 2.57. The molecule has 18 heteroatoms. The van der Waals surface area contributed by atoms with Crippen LogP contribution in [0.5, 0.6) is 0 Å². The number of anilines is 1. The number of hydrogen-bond acceptors (Lipinski definition) is 10. The molecule has 1 amide bonds. The molecular weight excluding hydrogens is 599 g/mol. The molecule has 0 radical (unpaired) electrons. The minimum absolute atomic E-state index is 0.0248. The highest BCUT2D eigenvalue weighted by atomic mass is 35.5. The first-order valence-electron chi connectivity index (χ1n) is 11.4. The smallest absolute Gasteiger partial charge is 0.475 e. The molecule has 2 N–H and O–H groups in total. The number of halogens is 4. The van der Waals surface area contributed by atoms with Crippen molar-refractivity contribution in [1.29, 1.82) is 5.26 Å². The minimum Gasteiger partial charge on any atom is -0.475 e. The number of benzene rings is 1. The zero-order valence-electron chi connectivity index (χ0n) is 20.6. The van der Waals surface area contributed by atoms with Gasteiger partial charge in [-0.05, 0) is 30.7 Å². The van der Waals surface area contributed by atoms with Gasteiger partial charge in [-0.2, -0.15) is 27.2 Å². The highest BCUT2D eigenvalue weighted by Gasteiger charge is 2.38. The molecule has 2 aromatic heterocycles. The van der Waals surface area contributed by atoms with Gasteiger partial charge in [-0.3, -0.25) is 4.79 Å². The summed E-state index contributed by atoms with van der Waals surface area (Å²) >= 11 is 7.01. The van der Waals surface area contributed by atoms with Crippen LogP contribution in [0.4, 0.5) is 19.0 Å². The minimum atomic E-state index is -5.08. The average molecular weight is 620 g/mol. The molecule has 0 unspecified atom stereocenters. The summed E-state index contributed by atoms with van der Waals surface area (Å²) in [4.78, 5) is 29.5. The molecule has 40 heavy (non-hydrogen) atoms. The number of sulfonamides is 1. The molecule has 1 aromatic carbocycles. The maximum Gasteiger partial charge on any atom is 0.490 e. The Bertz CT molecular complexity index is 1550. The zero-order chi connectivity index (χ0) is 29.7. The third-order valence-corrected chi connectivity index (χ3v) is 7.85. The molecule has 1 fully saturated rings. The van der Waals surface area contributed by atoms with E-state index in [4.69, 9.17) is 21.5 Å². The lowest BCUT2D eigenvalue weighted by atomic mass is 10.1. The van der Waals surface area contributed by atoms with Crippen LogP contribution < -0.4 is 9.62 Å². The summed E-state index contributed by atoms with van der Waals surface area (Å²) in [7, 11) is -3.82. The second-order valence-corrected chi connectivity index (χ2v) is 10.9. The highest BCUT2D eigenvalue weighted by Crippen LogP contribution is 2.25. The molecule has 12 nitrogen and oxygen atoms in total. The molecule has 1 aliphatic heterocycles. The van der Waals surface area contributed by atoms with Gasteiger partial charge in [-0.25, -0.2) is 22.9 Å². The largest absolute Gasteiger partial charge is 0.490 e. The maximum absolute atomic E-state index is 12.7. The number of fused-ring (bicyclic) bond motifs is 1. The van der Waals surface area contributed by atoms with Crippen LogP contribution in [0.3, 0.4) is 0 Å². The number of nitrogens with one attached hydrogen (secondary N) is 1. The van der Waals surface area contributed by atoms with E-state index < -0.39 is 22.2 Å². The second-order valence-electron chi connectivity index (χ2n) is 8.28. The van der Waals surface area contributed by atoms with Crippen LogP contribution in [0.2, 0.25) is 5.15 Å². The van der Waals surface area contributed by atoms with E-state index in [1.54, 1.807) is 23.1 Å². The van der Waals surface area contributed by atoms with Crippen molar-refractivity contribution < 1.29 is 36.3 Å². The Balaban J connectivity index is 0.000000559. The number of carboxylic acids is 1. The summed E-state index contributed by atoms with van der Waals surface area (Å²) in [6.45, 7) is 3.65. The number of carbonyl (C=O) groups is 2. The molecule has 0 aliphatic carbocycles. The Labute approximate surface area is 235 Å². The van der Waals surface area contributed by atoms with Crippen LogP contribution in [0.25, 0.3) is 11.0 Å². The molecular formula is C22H21ClF3N7O5S2. The summed E-state index contributed by atoms with van der Waals surface area (Å²) in [5.74, 6) is -2.39. The first-order valence-corrected chi connectivity index (χ1v) is 13.9. The van der Waals surface area contributed by atoms with Gasteiger partial charge in [0.25, 0.3) is 0 Å². The van der Waals surface area contributed by atoms with Gasteiger partial charge in [-0.15, -0.1) is 0 Å². The van der Waals surface area contributed by atoms with Crippen molar-refractivity contribution in [2.45, 2.75) is 24.4 Å². The van der Waals surface area contributed by atoms with Gasteiger partial charge in [0.15, 0.2) is 0 Å². The van der Waals surface area contributed by atoms with Crippen molar-refractivity contribution in [1.82, 2.24) is 23.4 Å². The summed E-state index contributed by atoms with van der Waals surface area (Å²) in [6, 6.07) is 8.59. The molecule has 214 valence electrons. The maximum atomic E-state index is 12.7. The standard InChI is InChI=1S/C20H20ClN7O3S2.C2HF3O2/c1-13-11-17(21)24-20(14(13)12-22)28-9-7-27(8-10-28)18(29)5-6-23-33(30,31)16-4-2-3-15-19(16)26-32-25-15;3-2(4,5)1(6)7/h2-4,11,23H,5-10H2,1H3;(H,6,7). The summed E-state index contributed by atoms with van der Waals surface area (Å²) < 4.78 is 67.7. The lowest BCUT2D eigenvalue weighted by molar-refractivity contribution is -0.192. The van der Waals surface area contributed by atoms with Crippen LogP contribution in [-0.2, 0) is 19.6 Å². The lowest BCUT2D eigenvalue weighted by Crippen LogP contribution is -2.49. The van der Waals surface area contributed by atoms with Gasteiger partial charge < -0.3 is 14.9 Å². The number of aliphatic carboxylic acids is 1. The zero-order valence-corrected chi connectivity index (χ0v) is 23.0. The van der Waals surface area contributed by atoms with E-state index in [1.807, 2.05) is 11.8 Å². The van der Waals surface area contributed by atoms with E-state index >= 15 is 0 Å². The molecule has 0 spiro atoms. The number of amides is 1. The molecule has 1 aliphatic rings. The third kappa shape index (κ3) is 7.53. The van der Waals surface area contributed by atoms with Crippen LogP contribution >= 0.6 is 23.3 Å². The van der Waals surface area contributed by atoms with Crippen molar-refractivity contribution in [2.75, 3.05) is 37.6 Å². The second kappa shape index (κ2) is 12.7. The SMILES string of the molecule is Cc1cc(Cl)nc(N2CCN(C(=O)CCNS(=O)(=O)c3cccc4nsnc34)CC2)c1C#N.O=C(O)C(F)(F)F. The topological polar surface area (TPSA) is 169 Å². The Morgan fingerprint density at radius 2 is 1.88 bits per heavy atom. The monoisotopic (exact) mass is 619 g/mol. The number of alkyl halides is 3. The lowest BCUT2D eigenvalue weighted by Gasteiger charge is -2.36. The van der Waals surface area contributed by atoms with Crippen LogP contribution in [0.1, 0.15) is 17.5 Å². The van der Waals surface area contributed by atoms with Gasteiger partial charge in [0.2, 0.25) is 15.9 Å².